The van der Waals surface area contributed by atoms with Crippen molar-refractivity contribution < 1.29 is 14.0 Å². The molecule has 6 heteroatoms. The summed E-state index contributed by atoms with van der Waals surface area (Å²) >= 11 is 0. The first-order valence-electron chi connectivity index (χ1n) is 7.47. The Morgan fingerprint density at radius 3 is 2.86 bits per heavy atom. The lowest BCUT2D eigenvalue weighted by atomic mass is 10.1. The molecule has 2 aliphatic rings. The molecule has 1 aromatic heterocycles. The zero-order chi connectivity index (χ0) is 15.3. The van der Waals surface area contributed by atoms with Gasteiger partial charge in [0.1, 0.15) is 11.8 Å². The van der Waals surface area contributed by atoms with Gasteiger partial charge in [-0.2, -0.15) is 0 Å². The van der Waals surface area contributed by atoms with Gasteiger partial charge in [-0.05, 0) is 43.5 Å². The summed E-state index contributed by atoms with van der Waals surface area (Å²) in [5.74, 6) is 0.0308. The Hall–Kier alpha value is -2.34. The quantitative estimate of drug-likeness (QED) is 0.788. The van der Waals surface area contributed by atoms with Gasteiger partial charge in [0.25, 0.3) is 11.8 Å². The van der Waals surface area contributed by atoms with Crippen LogP contribution >= 0.6 is 0 Å². The molecule has 3 unspecified atom stereocenters. The van der Waals surface area contributed by atoms with E-state index in [2.05, 4.69) is 10.6 Å². The molecule has 0 radical (unpaired) electrons. The van der Waals surface area contributed by atoms with E-state index in [-0.39, 0.29) is 11.9 Å². The lowest BCUT2D eigenvalue weighted by Gasteiger charge is -2.23. The monoisotopic (exact) mass is 299 g/mol. The summed E-state index contributed by atoms with van der Waals surface area (Å²) in [6.45, 7) is 1.06. The molecule has 1 aromatic carbocycles. The standard InChI is InChI=1S/C16H17N3O3/c17-15(20)11-7-22-14-5-9(1-2-10(11)14)16(21)19-13-4-8-3-12(13)18-6-8/h1-2,5,7-8,12-13,18H,3-4,6H2,(H2,17,20)(H,19,21). The van der Waals surface area contributed by atoms with Crippen molar-refractivity contribution in [1.82, 2.24) is 10.6 Å². The number of hydrogen-bond donors (Lipinski definition) is 3. The molecular formula is C16H17N3O3. The van der Waals surface area contributed by atoms with Crippen molar-refractivity contribution >= 4 is 22.8 Å². The average molecular weight is 299 g/mol. The molecule has 22 heavy (non-hydrogen) atoms. The molecule has 0 spiro atoms. The van der Waals surface area contributed by atoms with Crippen LogP contribution < -0.4 is 16.4 Å². The van der Waals surface area contributed by atoms with Crippen LogP contribution in [-0.4, -0.2) is 30.4 Å². The number of piperidine rings is 1. The van der Waals surface area contributed by atoms with Crippen molar-refractivity contribution in [2.45, 2.75) is 24.9 Å². The van der Waals surface area contributed by atoms with Gasteiger partial charge in [0, 0.05) is 23.0 Å². The summed E-state index contributed by atoms with van der Waals surface area (Å²) in [4.78, 5) is 23.7. The van der Waals surface area contributed by atoms with E-state index in [0.717, 1.165) is 19.4 Å². The number of carbonyl (C=O) groups is 2. The van der Waals surface area contributed by atoms with Crippen molar-refractivity contribution in [3.63, 3.8) is 0 Å². The second kappa shape index (κ2) is 4.84. The highest BCUT2D eigenvalue weighted by atomic mass is 16.3. The summed E-state index contributed by atoms with van der Waals surface area (Å²) in [5, 5.41) is 7.14. The minimum absolute atomic E-state index is 0.113. The van der Waals surface area contributed by atoms with Crippen molar-refractivity contribution in [3.8, 4) is 0 Å². The molecule has 1 aliphatic heterocycles. The molecule has 6 nitrogen and oxygen atoms in total. The maximum atomic E-state index is 12.4. The zero-order valence-corrected chi connectivity index (χ0v) is 12.0. The summed E-state index contributed by atoms with van der Waals surface area (Å²) in [7, 11) is 0. The molecule has 4 N–H and O–H groups in total. The number of primary amides is 1. The predicted molar refractivity (Wildman–Crippen MR) is 80.5 cm³/mol. The first-order valence-corrected chi connectivity index (χ1v) is 7.47. The highest BCUT2D eigenvalue weighted by Gasteiger charge is 2.40. The second-order valence-corrected chi connectivity index (χ2v) is 6.16. The number of furan rings is 1. The summed E-state index contributed by atoms with van der Waals surface area (Å²) < 4.78 is 5.33. The number of nitrogens with two attached hydrogens (primary N) is 1. The Morgan fingerprint density at radius 2 is 2.18 bits per heavy atom. The van der Waals surface area contributed by atoms with E-state index in [9.17, 15) is 9.59 Å². The number of rotatable bonds is 3. The number of fused-ring (bicyclic) bond motifs is 3. The second-order valence-electron chi connectivity index (χ2n) is 6.16. The van der Waals surface area contributed by atoms with Crippen molar-refractivity contribution in [3.05, 3.63) is 35.6 Å². The van der Waals surface area contributed by atoms with Crippen LogP contribution in [0, 0.1) is 5.92 Å². The number of benzene rings is 1. The van der Waals surface area contributed by atoms with Crippen LogP contribution in [0.4, 0.5) is 0 Å². The Labute approximate surface area is 127 Å². The molecule has 2 aromatic rings. The van der Waals surface area contributed by atoms with Crippen LogP contribution in [0.2, 0.25) is 0 Å². The highest BCUT2D eigenvalue weighted by Crippen LogP contribution is 2.31. The summed E-state index contributed by atoms with van der Waals surface area (Å²) in [6.07, 6.45) is 3.51. The Balaban J connectivity index is 1.56. The zero-order valence-electron chi connectivity index (χ0n) is 12.0. The third-order valence-electron chi connectivity index (χ3n) is 4.75. The minimum Gasteiger partial charge on any atom is -0.463 e. The van der Waals surface area contributed by atoms with Gasteiger partial charge in [0.2, 0.25) is 0 Å². The Morgan fingerprint density at radius 1 is 1.32 bits per heavy atom. The van der Waals surface area contributed by atoms with Crippen LogP contribution in [0.15, 0.2) is 28.9 Å². The minimum atomic E-state index is -0.538. The van der Waals surface area contributed by atoms with E-state index in [0.29, 0.717) is 34.1 Å². The fraction of sp³-hybridized carbons (Fsp3) is 0.375. The molecule has 2 amide bonds. The third-order valence-corrected chi connectivity index (χ3v) is 4.75. The largest absolute Gasteiger partial charge is 0.463 e. The lowest BCUT2D eigenvalue weighted by molar-refractivity contribution is 0.0927. The highest BCUT2D eigenvalue weighted by molar-refractivity contribution is 6.06. The lowest BCUT2D eigenvalue weighted by Crippen LogP contribution is -2.47. The van der Waals surface area contributed by atoms with Crippen molar-refractivity contribution in [2.75, 3.05) is 6.54 Å². The predicted octanol–water partition coefficient (Wildman–Crippen LogP) is 1.01. The van der Waals surface area contributed by atoms with E-state index >= 15 is 0 Å². The molecule has 2 heterocycles. The normalized spacial score (nSPS) is 26.5. The van der Waals surface area contributed by atoms with Gasteiger partial charge in [-0.1, -0.05) is 0 Å². The van der Waals surface area contributed by atoms with E-state index in [1.807, 2.05) is 0 Å². The van der Waals surface area contributed by atoms with Gasteiger partial charge in [0.15, 0.2) is 0 Å². The van der Waals surface area contributed by atoms with Gasteiger partial charge in [0.05, 0.1) is 5.56 Å². The molecule has 114 valence electrons. The maximum Gasteiger partial charge on any atom is 0.252 e. The van der Waals surface area contributed by atoms with Gasteiger partial charge in [-0.3, -0.25) is 9.59 Å². The van der Waals surface area contributed by atoms with Crippen LogP contribution in [-0.2, 0) is 0 Å². The first kappa shape index (κ1) is 13.3. The van der Waals surface area contributed by atoms with Gasteiger partial charge in [-0.25, -0.2) is 0 Å². The molecule has 4 rings (SSSR count). The van der Waals surface area contributed by atoms with E-state index in [4.69, 9.17) is 10.2 Å². The van der Waals surface area contributed by atoms with Crippen LogP contribution in [0.25, 0.3) is 11.0 Å². The SMILES string of the molecule is NC(=O)c1coc2cc(C(=O)NC3CC4CNC3C4)ccc12. The molecule has 2 bridgehead atoms. The number of carbonyl (C=O) groups excluding carboxylic acids is 2. The van der Waals surface area contributed by atoms with E-state index < -0.39 is 5.91 Å². The van der Waals surface area contributed by atoms with Gasteiger partial charge < -0.3 is 20.8 Å². The van der Waals surface area contributed by atoms with E-state index in [1.54, 1.807) is 18.2 Å². The van der Waals surface area contributed by atoms with Gasteiger partial charge in [-0.15, -0.1) is 0 Å². The Kier molecular flexibility index (Phi) is 2.94. The van der Waals surface area contributed by atoms with Crippen LogP contribution in [0.3, 0.4) is 0 Å². The number of hydrogen-bond acceptors (Lipinski definition) is 4. The van der Waals surface area contributed by atoms with Crippen LogP contribution in [0.1, 0.15) is 33.6 Å². The maximum absolute atomic E-state index is 12.4. The third kappa shape index (κ3) is 2.07. The smallest absolute Gasteiger partial charge is 0.252 e. The number of nitrogens with one attached hydrogen (secondary N) is 2. The molecule has 3 atom stereocenters. The molecule has 1 saturated carbocycles. The fourth-order valence-corrected chi connectivity index (χ4v) is 3.62. The summed E-state index contributed by atoms with van der Waals surface area (Å²) in [6, 6.07) is 5.63. The average Bonchev–Trinajstić information content (AvgIpc) is 3.20. The number of amides is 2. The van der Waals surface area contributed by atoms with Crippen LogP contribution in [0.5, 0.6) is 0 Å². The summed E-state index contributed by atoms with van der Waals surface area (Å²) in [5.41, 5.74) is 6.63. The topological polar surface area (TPSA) is 97.4 Å². The molecule has 2 fully saturated rings. The van der Waals surface area contributed by atoms with Crippen molar-refractivity contribution in [2.24, 2.45) is 11.7 Å². The molecular weight excluding hydrogens is 282 g/mol. The van der Waals surface area contributed by atoms with Gasteiger partial charge >= 0.3 is 0 Å². The van der Waals surface area contributed by atoms with E-state index in [1.165, 1.54) is 6.26 Å². The first-order chi connectivity index (χ1) is 10.6. The molecule has 1 saturated heterocycles. The fourth-order valence-electron chi connectivity index (χ4n) is 3.62. The van der Waals surface area contributed by atoms with Crippen molar-refractivity contribution in [1.29, 1.82) is 0 Å². The molecule has 1 aliphatic carbocycles. The Bertz CT molecular complexity index is 767.